The minimum Gasteiger partial charge on any atom is -0.497 e. The number of nitrogens with zero attached hydrogens (tertiary/aromatic N) is 5. The second-order valence-corrected chi connectivity index (χ2v) is 9.45. The molecular formula is C27H30N6O4. The van der Waals surface area contributed by atoms with Gasteiger partial charge in [-0.1, -0.05) is 0 Å². The lowest BCUT2D eigenvalue weighted by atomic mass is 10.0. The zero-order chi connectivity index (χ0) is 26.3. The predicted molar refractivity (Wildman–Crippen MR) is 139 cm³/mol. The van der Waals surface area contributed by atoms with Gasteiger partial charge in [-0.15, -0.1) is 0 Å². The first kappa shape index (κ1) is 24.5. The number of piperazine rings is 1. The third-order valence-corrected chi connectivity index (χ3v) is 7.11. The number of hydrogen-bond acceptors (Lipinski definition) is 6. The van der Waals surface area contributed by atoms with Gasteiger partial charge in [0, 0.05) is 49.5 Å². The summed E-state index contributed by atoms with van der Waals surface area (Å²) >= 11 is 0. The monoisotopic (exact) mass is 502 g/mol. The third kappa shape index (κ3) is 4.44. The number of methoxy groups -OCH3 is 1. The second kappa shape index (κ2) is 9.70. The number of ether oxygens (including phenoxy) is 1. The van der Waals surface area contributed by atoms with Crippen LogP contribution in [0.5, 0.6) is 5.75 Å². The Morgan fingerprint density at radius 2 is 1.65 bits per heavy atom. The molecule has 2 aliphatic heterocycles. The molecule has 1 aromatic heterocycles. The van der Waals surface area contributed by atoms with Crippen LogP contribution in [0.3, 0.4) is 0 Å². The predicted octanol–water partition coefficient (Wildman–Crippen LogP) is 1.88. The normalized spacial score (nSPS) is 16.0. The standard InChI is InChI=1S/C27H30N6O4/c1-17-16-19(6-9-21(17)26(35)31-14-12-30(2)13-15-31)32-11-10-22-23(25(28)34)29-33(24(22)27(32)36)18-4-7-20(37-3)8-5-18/h4-9,16H,10-15H2,1-3H3,(H2,28,34). The van der Waals surface area contributed by atoms with Crippen LogP contribution in [0.1, 0.15) is 42.5 Å². The first-order chi connectivity index (χ1) is 17.8. The van der Waals surface area contributed by atoms with Crippen molar-refractivity contribution in [3.8, 4) is 11.4 Å². The van der Waals surface area contributed by atoms with Gasteiger partial charge in [0.1, 0.15) is 11.4 Å². The van der Waals surface area contributed by atoms with Crippen LogP contribution in [-0.4, -0.2) is 84.2 Å². The lowest BCUT2D eigenvalue weighted by Gasteiger charge is -2.33. The van der Waals surface area contributed by atoms with Crippen LogP contribution >= 0.6 is 0 Å². The van der Waals surface area contributed by atoms with Crippen molar-refractivity contribution in [2.24, 2.45) is 5.73 Å². The van der Waals surface area contributed by atoms with E-state index in [4.69, 9.17) is 10.5 Å². The minimum absolute atomic E-state index is 0.00749. The number of amides is 3. The van der Waals surface area contributed by atoms with Crippen molar-refractivity contribution in [2.75, 3.05) is 51.8 Å². The first-order valence-electron chi connectivity index (χ1n) is 12.2. The number of hydrogen-bond donors (Lipinski definition) is 1. The van der Waals surface area contributed by atoms with Gasteiger partial charge in [0.2, 0.25) is 0 Å². The fourth-order valence-electron chi connectivity index (χ4n) is 4.95. The summed E-state index contributed by atoms with van der Waals surface area (Å²) in [6.07, 6.45) is 0.427. The zero-order valence-corrected chi connectivity index (χ0v) is 21.2. The number of likely N-dealkylation sites (N-methyl/N-ethyl adjacent to an activating group) is 1. The average Bonchev–Trinajstić information content (AvgIpc) is 3.30. The number of aryl methyl sites for hydroxylation is 1. The van der Waals surface area contributed by atoms with E-state index in [2.05, 4.69) is 17.0 Å². The quantitative estimate of drug-likeness (QED) is 0.570. The molecule has 3 heterocycles. The summed E-state index contributed by atoms with van der Waals surface area (Å²) in [5, 5.41) is 4.41. The van der Waals surface area contributed by atoms with Gasteiger partial charge < -0.3 is 25.2 Å². The fourth-order valence-corrected chi connectivity index (χ4v) is 4.95. The fraction of sp³-hybridized carbons (Fsp3) is 0.333. The number of fused-ring (bicyclic) bond motifs is 1. The van der Waals surface area contributed by atoms with Crippen molar-refractivity contribution in [1.29, 1.82) is 0 Å². The largest absolute Gasteiger partial charge is 0.497 e. The van der Waals surface area contributed by atoms with E-state index in [0.29, 0.717) is 60.0 Å². The summed E-state index contributed by atoms with van der Waals surface area (Å²) in [6, 6.07) is 12.5. The zero-order valence-electron chi connectivity index (χ0n) is 21.2. The van der Waals surface area contributed by atoms with E-state index in [9.17, 15) is 14.4 Å². The van der Waals surface area contributed by atoms with E-state index in [-0.39, 0.29) is 17.5 Å². The number of carbonyl (C=O) groups is 3. The highest BCUT2D eigenvalue weighted by molar-refractivity contribution is 6.10. The molecule has 1 fully saturated rings. The van der Waals surface area contributed by atoms with Gasteiger partial charge >= 0.3 is 0 Å². The van der Waals surface area contributed by atoms with E-state index in [0.717, 1.165) is 18.7 Å². The summed E-state index contributed by atoms with van der Waals surface area (Å²) in [6.45, 7) is 5.35. The van der Waals surface area contributed by atoms with Gasteiger partial charge in [-0.2, -0.15) is 5.10 Å². The first-order valence-corrected chi connectivity index (χ1v) is 12.2. The average molecular weight is 503 g/mol. The molecule has 3 aromatic rings. The molecule has 10 nitrogen and oxygen atoms in total. The third-order valence-electron chi connectivity index (χ3n) is 7.11. The van der Waals surface area contributed by atoms with Gasteiger partial charge in [-0.05, 0) is 68.4 Å². The number of primary amides is 1. The Labute approximate surface area is 215 Å². The van der Waals surface area contributed by atoms with Gasteiger partial charge in [0.15, 0.2) is 5.69 Å². The maximum Gasteiger partial charge on any atom is 0.277 e. The van der Waals surface area contributed by atoms with Crippen LogP contribution in [0.4, 0.5) is 5.69 Å². The molecule has 0 atom stereocenters. The highest BCUT2D eigenvalue weighted by atomic mass is 16.5. The Hall–Kier alpha value is -4.18. The maximum atomic E-state index is 13.8. The van der Waals surface area contributed by atoms with Crippen LogP contribution in [0.15, 0.2) is 42.5 Å². The Kier molecular flexibility index (Phi) is 6.43. The van der Waals surface area contributed by atoms with Crippen LogP contribution in [0, 0.1) is 6.92 Å². The van der Waals surface area contributed by atoms with Crippen molar-refractivity contribution < 1.29 is 19.1 Å². The number of nitrogens with two attached hydrogens (primary N) is 1. The number of rotatable bonds is 5. The van der Waals surface area contributed by atoms with Gasteiger partial charge in [-0.3, -0.25) is 14.4 Å². The molecule has 2 aliphatic rings. The number of benzene rings is 2. The molecule has 3 amide bonds. The Balaban J connectivity index is 1.47. The van der Waals surface area contributed by atoms with Gasteiger partial charge in [0.05, 0.1) is 12.8 Å². The Morgan fingerprint density at radius 3 is 2.27 bits per heavy atom. The van der Waals surface area contributed by atoms with Crippen molar-refractivity contribution in [1.82, 2.24) is 19.6 Å². The van der Waals surface area contributed by atoms with E-state index in [1.807, 2.05) is 24.0 Å². The van der Waals surface area contributed by atoms with Crippen molar-refractivity contribution in [3.05, 3.63) is 70.5 Å². The lowest BCUT2D eigenvalue weighted by Crippen LogP contribution is -2.47. The van der Waals surface area contributed by atoms with E-state index in [1.165, 1.54) is 4.68 Å². The van der Waals surface area contributed by atoms with Crippen LogP contribution in [0.25, 0.3) is 5.69 Å². The smallest absolute Gasteiger partial charge is 0.277 e. The molecular weight excluding hydrogens is 472 g/mol. The summed E-state index contributed by atoms with van der Waals surface area (Å²) in [5.74, 6) is -0.287. The van der Waals surface area contributed by atoms with E-state index >= 15 is 0 Å². The molecule has 10 heteroatoms. The van der Waals surface area contributed by atoms with Crippen molar-refractivity contribution in [2.45, 2.75) is 13.3 Å². The molecule has 0 radical (unpaired) electrons. The number of anilines is 1. The Morgan fingerprint density at radius 1 is 0.973 bits per heavy atom. The van der Waals surface area contributed by atoms with Crippen LogP contribution in [-0.2, 0) is 6.42 Å². The van der Waals surface area contributed by atoms with E-state index < -0.39 is 5.91 Å². The highest BCUT2D eigenvalue weighted by Crippen LogP contribution is 2.30. The molecule has 0 bridgehead atoms. The summed E-state index contributed by atoms with van der Waals surface area (Å²) < 4.78 is 6.70. The lowest BCUT2D eigenvalue weighted by molar-refractivity contribution is 0.0663. The molecule has 2 N–H and O–H groups in total. The topological polar surface area (TPSA) is 114 Å². The summed E-state index contributed by atoms with van der Waals surface area (Å²) in [4.78, 5) is 44.8. The van der Waals surface area contributed by atoms with E-state index in [1.54, 1.807) is 42.3 Å². The number of aromatic nitrogens is 2. The molecule has 0 unspecified atom stereocenters. The Bertz CT molecular complexity index is 1370. The molecule has 192 valence electrons. The van der Waals surface area contributed by atoms with Crippen LogP contribution in [0.2, 0.25) is 0 Å². The second-order valence-electron chi connectivity index (χ2n) is 9.45. The van der Waals surface area contributed by atoms with Gasteiger partial charge in [0.25, 0.3) is 17.7 Å². The molecule has 0 saturated carbocycles. The molecule has 37 heavy (non-hydrogen) atoms. The highest BCUT2D eigenvalue weighted by Gasteiger charge is 2.35. The maximum absolute atomic E-state index is 13.8. The number of carbonyl (C=O) groups excluding carboxylic acids is 3. The van der Waals surface area contributed by atoms with Crippen LogP contribution < -0.4 is 15.4 Å². The van der Waals surface area contributed by atoms with Gasteiger partial charge in [-0.25, -0.2) is 4.68 Å². The molecule has 5 rings (SSSR count). The molecule has 1 saturated heterocycles. The molecule has 0 spiro atoms. The van der Waals surface area contributed by atoms with Crippen molar-refractivity contribution >= 4 is 23.4 Å². The summed E-state index contributed by atoms with van der Waals surface area (Å²) in [5.41, 5.74) is 9.30. The minimum atomic E-state index is -0.674. The summed E-state index contributed by atoms with van der Waals surface area (Å²) in [7, 11) is 3.62. The van der Waals surface area contributed by atoms with Crippen molar-refractivity contribution in [3.63, 3.8) is 0 Å². The SMILES string of the molecule is COc1ccc(-n2nc(C(N)=O)c3c2C(=O)N(c2ccc(C(=O)N4CCN(C)CC4)c(C)c2)CC3)cc1. The molecule has 0 aliphatic carbocycles. The molecule has 2 aromatic carbocycles.